The Balaban J connectivity index is 1.84. The van der Waals surface area contributed by atoms with Crippen molar-refractivity contribution < 1.29 is 0 Å². The molecule has 0 aliphatic heterocycles. The number of rotatable bonds is 5. The summed E-state index contributed by atoms with van der Waals surface area (Å²) in [6.07, 6.45) is 25.5. The minimum absolute atomic E-state index is 0.656. The quantitative estimate of drug-likeness (QED) is 0.472. The van der Waals surface area contributed by atoms with Crippen molar-refractivity contribution in [2.75, 3.05) is 0 Å². The summed E-state index contributed by atoms with van der Waals surface area (Å²) in [4.78, 5) is 0. The van der Waals surface area contributed by atoms with Gasteiger partial charge in [0.05, 0.1) is 0 Å². The van der Waals surface area contributed by atoms with Crippen LogP contribution in [-0.2, 0) is 0 Å². The first-order valence-electron chi connectivity index (χ1n) is 11.7. The van der Waals surface area contributed by atoms with Gasteiger partial charge in [0.15, 0.2) is 0 Å². The van der Waals surface area contributed by atoms with Crippen molar-refractivity contribution in [2.45, 2.75) is 130 Å². The molecule has 142 valence electrons. The Morgan fingerprint density at radius 1 is 0.667 bits per heavy atom. The summed E-state index contributed by atoms with van der Waals surface area (Å²) in [6.45, 7) is 7.43. The van der Waals surface area contributed by atoms with Crippen LogP contribution >= 0.6 is 0 Å². The molecule has 0 aromatic carbocycles. The second-order valence-corrected chi connectivity index (χ2v) is 9.67. The second kappa shape index (κ2) is 10.9. The van der Waals surface area contributed by atoms with Gasteiger partial charge in [-0.3, -0.25) is 0 Å². The molecule has 2 aliphatic rings. The van der Waals surface area contributed by atoms with Crippen molar-refractivity contribution in [2.24, 2.45) is 23.2 Å². The van der Waals surface area contributed by atoms with Gasteiger partial charge < -0.3 is 0 Å². The van der Waals surface area contributed by atoms with Crippen LogP contribution < -0.4 is 0 Å². The summed E-state index contributed by atoms with van der Waals surface area (Å²) in [7, 11) is 0. The van der Waals surface area contributed by atoms with Crippen LogP contribution in [0.15, 0.2) is 0 Å². The highest BCUT2D eigenvalue weighted by Gasteiger charge is 2.27. The van der Waals surface area contributed by atoms with Crippen molar-refractivity contribution in [1.82, 2.24) is 0 Å². The van der Waals surface area contributed by atoms with Gasteiger partial charge in [0.25, 0.3) is 0 Å². The molecule has 0 heteroatoms. The maximum absolute atomic E-state index is 2.56. The zero-order valence-electron chi connectivity index (χ0n) is 17.3. The standard InChI is InChI=1S/C24H46/c1-4-22-14-9-7-6-8-10-15-23(22)17-16-21-13-11-12-19-24(3,5-2)20-18-21/h21-23H,4-20H2,1-3H3. The van der Waals surface area contributed by atoms with Gasteiger partial charge in [-0.05, 0) is 48.9 Å². The van der Waals surface area contributed by atoms with E-state index < -0.39 is 0 Å². The first kappa shape index (κ1) is 20.3. The highest BCUT2D eigenvalue weighted by Crippen LogP contribution is 2.40. The van der Waals surface area contributed by atoms with E-state index in [0.717, 1.165) is 17.8 Å². The maximum atomic E-state index is 2.56. The lowest BCUT2D eigenvalue weighted by atomic mass is 9.72. The number of hydrogen-bond donors (Lipinski definition) is 0. The average molecular weight is 335 g/mol. The molecule has 4 unspecified atom stereocenters. The molecular weight excluding hydrogens is 288 g/mol. The van der Waals surface area contributed by atoms with E-state index in [2.05, 4.69) is 20.8 Å². The van der Waals surface area contributed by atoms with Gasteiger partial charge >= 0.3 is 0 Å². The summed E-state index contributed by atoms with van der Waals surface area (Å²) in [5.41, 5.74) is 0.656. The molecular formula is C24H46. The topological polar surface area (TPSA) is 0 Å². The molecule has 2 saturated carbocycles. The van der Waals surface area contributed by atoms with E-state index in [0.29, 0.717) is 5.41 Å². The van der Waals surface area contributed by atoms with E-state index in [-0.39, 0.29) is 0 Å². The fourth-order valence-electron chi connectivity index (χ4n) is 5.63. The van der Waals surface area contributed by atoms with E-state index in [1.807, 2.05) is 0 Å². The van der Waals surface area contributed by atoms with Gasteiger partial charge in [0.2, 0.25) is 0 Å². The molecule has 0 heterocycles. The summed E-state index contributed by atoms with van der Waals surface area (Å²) in [5, 5.41) is 0. The summed E-state index contributed by atoms with van der Waals surface area (Å²) in [5.74, 6) is 3.13. The van der Waals surface area contributed by atoms with E-state index >= 15 is 0 Å². The van der Waals surface area contributed by atoms with Crippen LogP contribution in [-0.4, -0.2) is 0 Å². The molecule has 24 heavy (non-hydrogen) atoms. The monoisotopic (exact) mass is 334 g/mol. The minimum atomic E-state index is 0.656. The molecule has 0 spiro atoms. The SMILES string of the molecule is CCC1CCCCCCCC1CCC1CCCCC(C)(CC)CC1. The minimum Gasteiger partial charge on any atom is -0.0651 e. The Kier molecular flexibility index (Phi) is 9.20. The zero-order valence-corrected chi connectivity index (χ0v) is 17.3. The molecule has 0 N–H and O–H groups in total. The van der Waals surface area contributed by atoms with Crippen LogP contribution in [0.5, 0.6) is 0 Å². The molecule has 0 bridgehead atoms. The zero-order chi connectivity index (χ0) is 17.3. The fraction of sp³-hybridized carbons (Fsp3) is 1.00. The smallest absolute Gasteiger partial charge is 0.0328 e. The average Bonchev–Trinajstić information content (AvgIpc) is 2.70. The normalized spacial score (nSPS) is 36.9. The van der Waals surface area contributed by atoms with Crippen LogP contribution in [0.3, 0.4) is 0 Å². The molecule has 0 nitrogen and oxygen atoms in total. The Hall–Kier alpha value is 0. The van der Waals surface area contributed by atoms with Crippen molar-refractivity contribution in [3.05, 3.63) is 0 Å². The molecule has 4 atom stereocenters. The van der Waals surface area contributed by atoms with Gasteiger partial charge in [-0.15, -0.1) is 0 Å². The van der Waals surface area contributed by atoms with E-state index in [9.17, 15) is 0 Å². The first-order chi connectivity index (χ1) is 11.7. The summed E-state index contributed by atoms with van der Waals surface area (Å²) >= 11 is 0. The van der Waals surface area contributed by atoms with E-state index in [1.54, 1.807) is 12.8 Å². The highest BCUT2D eigenvalue weighted by atomic mass is 14.3. The molecule has 0 radical (unpaired) electrons. The molecule has 2 fully saturated rings. The van der Waals surface area contributed by atoms with Gasteiger partial charge in [-0.25, -0.2) is 0 Å². The Labute approximate surface area is 153 Å². The molecule has 2 rings (SSSR count). The van der Waals surface area contributed by atoms with Crippen molar-refractivity contribution in [3.63, 3.8) is 0 Å². The molecule has 0 aromatic rings. The lowest BCUT2D eigenvalue weighted by Gasteiger charge is -2.34. The first-order valence-corrected chi connectivity index (χ1v) is 11.7. The van der Waals surface area contributed by atoms with Gasteiger partial charge in [-0.2, -0.15) is 0 Å². The molecule has 2 aliphatic carbocycles. The van der Waals surface area contributed by atoms with Crippen LogP contribution in [0.25, 0.3) is 0 Å². The van der Waals surface area contributed by atoms with Crippen LogP contribution in [0.4, 0.5) is 0 Å². The van der Waals surface area contributed by atoms with Gasteiger partial charge in [0.1, 0.15) is 0 Å². The lowest BCUT2D eigenvalue weighted by Crippen LogP contribution is -2.21. The van der Waals surface area contributed by atoms with E-state index in [4.69, 9.17) is 0 Å². The Bertz CT molecular complexity index is 320. The fourth-order valence-corrected chi connectivity index (χ4v) is 5.63. The Morgan fingerprint density at radius 3 is 2.04 bits per heavy atom. The lowest BCUT2D eigenvalue weighted by molar-refractivity contribution is 0.183. The predicted molar refractivity (Wildman–Crippen MR) is 108 cm³/mol. The van der Waals surface area contributed by atoms with Crippen LogP contribution in [0.2, 0.25) is 0 Å². The van der Waals surface area contributed by atoms with Crippen molar-refractivity contribution >= 4 is 0 Å². The molecule has 0 amide bonds. The predicted octanol–water partition coefficient (Wildman–Crippen LogP) is 8.54. The Morgan fingerprint density at radius 2 is 1.33 bits per heavy atom. The van der Waals surface area contributed by atoms with E-state index in [1.165, 1.54) is 96.3 Å². The number of hydrogen-bond acceptors (Lipinski definition) is 0. The third-order valence-electron chi connectivity index (χ3n) is 7.94. The largest absolute Gasteiger partial charge is 0.0651 e. The molecule has 0 aromatic heterocycles. The highest BCUT2D eigenvalue weighted by molar-refractivity contribution is 4.79. The maximum Gasteiger partial charge on any atom is -0.0328 e. The second-order valence-electron chi connectivity index (χ2n) is 9.67. The summed E-state index contributed by atoms with van der Waals surface area (Å²) < 4.78 is 0. The summed E-state index contributed by atoms with van der Waals surface area (Å²) in [6, 6.07) is 0. The van der Waals surface area contributed by atoms with Gasteiger partial charge in [-0.1, -0.05) is 104 Å². The van der Waals surface area contributed by atoms with Crippen molar-refractivity contribution in [1.29, 1.82) is 0 Å². The third kappa shape index (κ3) is 6.72. The molecule has 0 saturated heterocycles. The van der Waals surface area contributed by atoms with Crippen molar-refractivity contribution in [3.8, 4) is 0 Å². The van der Waals surface area contributed by atoms with Crippen LogP contribution in [0, 0.1) is 23.2 Å². The van der Waals surface area contributed by atoms with Crippen LogP contribution in [0.1, 0.15) is 130 Å². The van der Waals surface area contributed by atoms with Gasteiger partial charge in [0, 0.05) is 0 Å². The third-order valence-corrected chi connectivity index (χ3v) is 7.94.